The van der Waals surface area contributed by atoms with Crippen LogP contribution in [0.2, 0.25) is 5.02 Å². The Morgan fingerprint density at radius 3 is 2.57 bits per heavy atom. The minimum absolute atomic E-state index is 0.0157. The summed E-state index contributed by atoms with van der Waals surface area (Å²) in [7, 11) is 2.99. The minimum Gasteiger partial charge on any atom is -0.491 e. The van der Waals surface area contributed by atoms with Crippen LogP contribution in [-0.2, 0) is 20.6 Å². The summed E-state index contributed by atoms with van der Waals surface area (Å²) in [6, 6.07) is 6.83. The molecule has 0 aliphatic carbocycles. The highest BCUT2D eigenvalue weighted by atomic mass is 35.5. The molecular formula is C20H26ClN5O4. The lowest BCUT2D eigenvalue weighted by molar-refractivity contribution is 0.0938. The van der Waals surface area contributed by atoms with E-state index in [0.29, 0.717) is 23.3 Å². The smallest absolute Gasteiger partial charge is 0.332 e. The molecule has 3 aromatic rings. The first kappa shape index (κ1) is 21.9. The van der Waals surface area contributed by atoms with E-state index in [1.165, 1.54) is 11.6 Å². The van der Waals surface area contributed by atoms with Crippen molar-refractivity contribution in [1.82, 2.24) is 18.7 Å². The van der Waals surface area contributed by atoms with Gasteiger partial charge in [0, 0.05) is 25.7 Å². The number of nitrogens with zero attached hydrogens (tertiary/aromatic N) is 4. The van der Waals surface area contributed by atoms with Gasteiger partial charge in [-0.15, -0.1) is 0 Å². The Balaban J connectivity index is 1.91. The van der Waals surface area contributed by atoms with Crippen LogP contribution in [-0.4, -0.2) is 43.0 Å². The first-order chi connectivity index (χ1) is 14.3. The van der Waals surface area contributed by atoms with Crippen molar-refractivity contribution >= 4 is 28.7 Å². The van der Waals surface area contributed by atoms with E-state index in [0.717, 1.165) is 17.4 Å². The van der Waals surface area contributed by atoms with Gasteiger partial charge in [-0.1, -0.05) is 24.9 Å². The lowest BCUT2D eigenvalue weighted by atomic mass is 10.3. The van der Waals surface area contributed by atoms with Crippen LogP contribution in [0.5, 0.6) is 5.75 Å². The van der Waals surface area contributed by atoms with Crippen LogP contribution in [0.3, 0.4) is 0 Å². The van der Waals surface area contributed by atoms with Crippen molar-refractivity contribution in [2.45, 2.75) is 32.4 Å². The van der Waals surface area contributed by atoms with Crippen molar-refractivity contribution < 1.29 is 9.84 Å². The molecule has 0 saturated heterocycles. The van der Waals surface area contributed by atoms with Gasteiger partial charge in [0.25, 0.3) is 5.56 Å². The van der Waals surface area contributed by atoms with E-state index in [4.69, 9.17) is 16.3 Å². The zero-order valence-corrected chi connectivity index (χ0v) is 18.0. The molecule has 0 amide bonds. The molecule has 2 heterocycles. The first-order valence-electron chi connectivity index (χ1n) is 9.80. The van der Waals surface area contributed by atoms with Crippen molar-refractivity contribution in [2.24, 2.45) is 14.1 Å². The minimum atomic E-state index is -0.910. The maximum Gasteiger partial charge on any atom is 0.332 e. The number of nitrogens with one attached hydrogen (secondary N) is 1. The number of halogens is 1. The average Bonchev–Trinajstić information content (AvgIpc) is 3.08. The number of imidazole rings is 1. The second-order valence-corrected chi connectivity index (χ2v) is 7.56. The standard InChI is InChI=1S/C20H26ClN5O4/c1-4-5-10-22-19-23-17-16(18(28)25(3)20(29)24(17)2)26(19)11-14(27)12-30-15-8-6-13(21)7-9-15/h6-9,14,27H,4-5,10-12H2,1-3H3,(H,22,23). The SMILES string of the molecule is CCCCNc1nc2c(c(=O)n(C)c(=O)n2C)n1CC(O)COc1ccc(Cl)cc1. The highest BCUT2D eigenvalue weighted by Crippen LogP contribution is 2.18. The summed E-state index contributed by atoms with van der Waals surface area (Å²) in [5.41, 5.74) is -0.393. The lowest BCUT2D eigenvalue weighted by Crippen LogP contribution is -2.38. The molecular weight excluding hydrogens is 410 g/mol. The number of fused-ring (bicyclic) bond motifs is 1. The summed E-state index contributed by atoms with van der Waals surface area (Å²) in [5.74, 6) is 1.01. The second-order valence-electron chi connectivity index (χ2n) is 7.12. The molecule has 30 heavy (non-hydrogen) atoms. The second kappa shape index (κ2) is 9.36. The van der Waals surface area contributed by atoms with Crippen molar-refractivity contribution in [3.63, 3.8) is 0 Å². The molecule has 1 unspecified atom stereocenters. The Kier molecular flexibility index (Phi) is 6.84. The molecule has 0 fully saturated rings. The van der Waals surface area contributed by atoms with Crippen LogP contribution in [0.15, 0.2) is 33.9 Å². The third-order valence-corrected chi connectivity index (χ3v) is 5.06. The molecule has 0 aliphatic rings. The number of unbranched alkanes of at least 4 members (excludes halogenated alkanes) is 1. The Bertz CT molecular complexity index is 1130. The van der Waals surface area contributed by atoms with Crippen molar-refractivity contribution in [3.05, 3.63) is 50.1 Å². The largest absolute Gasteiger partial charge is 0.491 e. The molecule has 3 rings (SSSR count). The fraction of sp³-hybridized carbons (Fsp3) is 0.450. The van der Waals surface area contributed by atoms with E-state index in [9.17, 15) is 14.7 Å². The molecule has 0 spiro atoms. The number of hydrogen-bond donors (Lipinski definition) is 2. The Morgan fingerprint density at radius 1 is 1.20 bits per heavy atom. The van der Waals surface area contributed by atoms with Crippen molar-refractivity contribution in [1.29, 1.82) is 0 Å². The van der Waals surface area contributed by atoms with Gasteiger partial charge in [0.2, 0.25) is 5.95 Å². The molecule has 10 heteroatoms. The number of ether oxygens (including phenoxy) is 1. The summed E-state index contributed by atoms with van der Waals surface area (Å²) in [4.78, 5) is 29.5. The zero-order chi connectivity index (χ0) is 21.8. The molecule has 0 saturated carbocycles. The lowest BCUT2D eigenvalue weighted by Gasteiger charge is -2.16. The third-order valence-electron chi connectivity index (χ3n) is 4.81. The van der Waals surface area contributed by atoms with E-state index in [2.05, 4.69) is 17.2 Å². The van der Waals surface area contributed by atoms with Crippen LogP contribution in [0.4, 0.5) is 5.95 Å². The summed E-state index contributed by atoms with van der Waals surface area (Å²) in [5, 5.41) is 14.4. The van der Waals surface area contributed by atoms with Gasteiger partial charge in [0.15, 0.2) is 11.2 Å². The first-order valence-corrected chi connectivity index (χ1v) is 10.2. The van der Waals surface area contributed by atoms with Gasteiger partial charge in [-0.2, -0.15) is 4.98 Å². The maximum atomic E-state index is 12.8. The zero-order valence-electron chi connectivity index (χ0n) is 17.3. The van der Waals surface area contributed by atoms with E-state index in [1.54, 1.807) is 35.9 Å². The summed E-state index contributed by atoms with van der Waals surface area (Å²) >= 11 is 5.87. The number of anilines is 1. The van der Waals surface area contributed by atoms with Crippen molar-refractivity contribution in [2.75, 3.05) is 18.5 Å². The molecule has 0 bridgehead atoms. The normalized spacial score (nSPS) is 12.3. The third kappa shape index (κ3) is 4.52. The molecule has 1 aromatic carbocycles. The van der Waals surface area contributed by atoms with Gasteiger partial charge in [0.1, 0.15) is 18.5 Å². The topological polar surface area (TPSA) is 103 Å². The number of aliphatic hydroxyl groups excluding tert-OH is 1. The fourth-order valence-corrected chi connectivity index (χ4v) is 3.25. The summed E-state index contributed by atoms with van der Waals surface area (Å²) in [6.45, 7) is 2.82. The quantitative estimate of drug-likeness (QED) is 0.496. The Labute approximate surface area is 178 Å². The van der Waals surface area contributed by atoms with Gasteiger partial charge in [-0.3, -0.25) is 13.9 Å². The van der Waals surface area contributed by atoms with E-state index in [1.807, 2.05) is 0 Å². The molecule has 0 aliphatic heterocycles. The fourth-order valence-electron chi connectivity index (χ4n) is 3.12. The van der Waals surface area contributed by atoms with E-state index < -0.39 is 17.4 Å². The Morgan fingerprint density at radius 2 is 1.90 bits per heavy atom. The predicted molar refractivity (Wildman–Crippen MR) is 117 cm³/mol. The maximum absolute atomic E-state index is 12.8. The monoisotopic (exact) mass is 435 g/mol. The van der Waals surface area contributed by atoms with Gasteiger partial charge in [-0.05, 0) is 30.7 Å². The Hall–Kier alpha value is -2.78. The van der Waals surface area contributed by atoms with Gasteiger partial charge >= 0.3 is 5.69 Å². The van der Waals surface area contributed by atoms with Gasteiger partial charge in [0.05, 0.1) is 6.54 Å². The average molecular weight is 436 g/mol. The predicted octanol–water partition coefficient (Wildman–Crippen LogP) is 1.74. The van der Waals surface area contributed by atoms with Crippen molar-refractivity contribution in [3.8, 4) is 5.75 Å². The molecule has 9 nitrogen and oxygen atoms in total. The summed E-state index contributed by atoms with van der Waals surface area (Å²) in [6.07, 6.45) is 1.000. The van der Waals surface area contributed by atoms with Crippen LogP contribution < -0.4 is 21.3 Å². The van der Waals surface area contributed by atoms with Crippen LogP contribution in [0.25, 0.3) is 11.2 Å². The van der Waals surface area contributed by atoms with E-state index in [-0.39, 0.29) is 24.3 Å². The highest BCUT2D eigenvalue weighted by molar-refractivity contribution is 6.30. The van der Waals surface area contributed by atoms with Crippen LogP contribution >= 0.6 is 11.6 Å². The molecule has 162 valence electrons. The van der Waals surface area contributed by atoms with Crippen LogP contribution in [0, 0.1) is 0 Å². The molecule has 2 aromatic heterocycles. The number of aromatic nitrogens is 4. The summed E-state index contributed by atoms with van der Waals surface area (Å²) < 4.78 is 9.59. The number of aryl methyl sites for hydroxylation is 1. The molecule has 1 atom stereocenters. The molecule has 0 radical (unpaired) electrons. The van der Waals surface area contributed by atoms with Crippen LogP contribution in [0.1, 0.15) is 19.8 Å². The number of rotatable bonds is 9. The number of benzene rings is 1. The molecule has 2 N–H and O–H groups in total. The number of aliphatic hydroxyl groups is 1. The van der Waals surface area contributed by atoms with Gasteiger partial charge in [-0.25, -0.2) is 4.79 Å². The van der Waals surface area contributed by atoms with E-state index >= 15 is 0 Å². The van der Waals surface area contributed by atoms with Gasteiger partial charge < -0.3 is 19.7 Å². The highest BCUT2D eigenvalue weighted by Gasteiger charge is 2.21. The number of hydrogen-bond acceptors (Lipinski definition) is 6.